The van der Waals surface area contributed by atoms with Crippen molar-refractivity contribution in [1.29, 1.82) is 0 Å². The van der Waals surface area contributed by atoms with Crippen molar-refractivity contribution in [1.82, 2.24) is 20.0 Å². The molecule has 0 spiro atoms. The third-order valence-electron chi connectivity index (χ3n) is 4.49. The van der Waals surface area contributed by atoms with Crippen LogP contribution in [0.5, 0.6) is 0 Å². The first kappa shape index (κ1) is 17.5. The summed E-state index contributed by atoms with van der Waals surface area (Å²) < 4.78 is 7.63. The predicted octanol–water partition coefficient (Wildman–Crippen LogP) is 2.14. The SMILES string of the molecule is CCc1nn(C)cc1CNC(=O)N1CCO[C@H](Cc2ccccc2)C1. The Morgan fingerprint density at radius 3 is 2.92 bits per heavy atom. The molecule has 0 saturated carbocycles. The van der Waals surface area contributed by atoms with Gasteiger partial charge in [0.25, 0.3) is 0 Å². The molecule has 2 amide bonds. The molecule has 1 saturated heterocycles. The van der Waals surface area contributed by atoms with E-state index in [9.17, 15) is 4.79 Å². The van der Waals surface area contributed by atoms with E-state index in [4.69, 9.17) is 4.74 Å². The van der Waals surface area contributed by atoms with Crippen LogP contribution in [-0.4, -0.2) is 46.5 Å². The number of amides is 2. The summed E-state index contributed by atoms with van der Waals surface area (Å²) >= 11 is 0. The Balaban J connectivity index is 1.53. The van der Waals surface area contributed by atoms with E-state index >= 15 is 0 Å². The number of nitrogens with one attached hydrogen (secondary N) is 1. The van der Waals surface area contributed by atoms with Gasteiger partial charge in [0.05, 0.1) is 18.4 Å². The van der Waals surface area contributed by atoms with Crippen LogP contribution in [0.15, 0.2) is 36.5 Å². The van der Waals surface area contributed by atoms with E-state index in [0.29, 0.717) is 26.2 Å². The highest BCUT2D eigenvalue weighted by Crippen LogP contribution is 2.12. The minimum atomic E-state index is -0.0349. The number of morpholine rings is 1. The molecule has 0 unspecified atom stereocenters. The lowest BCUT2D eigenvalue weighted by Gasteiger charge is -2.33. The van der Waals surface area contributed by atoms with Crippen molar-refractivity contribution in [3.05, 3.63) is 53.3 Å². The predicted molar refractivity (Wildman–Crippen MR) is 96.3 cm³/mol. The number of benzene rings is 1. The first-order valence-electron chi connectivity index (χ1n) is 8.85. The molecule has 2 aromatic rings. The summed E-state index contributed by atoms with van der Waals surface area (Å²) in [7, 11) is 1.90. The van der Waals surface area contributed by atoms with E-state index in [2.05, 4.69) is 29.5 Å². The molecule has 134 valence electrons. The Labute approximate surface area is 148 Å². The normalized spacial score (nSPS) is 17.5. The van der Waals surface area contributed by atoms with E-state index in [-0.39, 0.29) is 12.1 Å². The molecule has 0 bridgehead atoms. The summed E-state index contributed by atoms with van der Waals surface area (Å²) in [5, 5.41) is 7.43. The van der Waals surface area contributed by atoms with Crippen molar-refractivity contribution in [3.63, 3.8) is 0 Å². The fraction of sp³-hybridized carbons (Fsp3) is 0.474. The van der Waals surface area contributed by atoms with E-state index in [1.165, 1.54) is 5.56 Å². The monoisotopic (exact) mass is 342 g/mol. The number of carbonyl (C=O) groups is 1. The lowest BCUT2D eigenvalue weighted by molar-refractivity contribution is -0.0133. The summed E-state index contributed by atoms with van der Waals surface area (Å²) in [5.74, 6) is 0. The minimum Gasteiger partial charge on any atom is -0.374 e. The van der Waals surface area contributed by atoms with Crippen LogP contribution in [0.25, 0.3) is 0 Å². The largest absolute Gasteiger partial charge is 0.374 e. The molecule has 2 heterocycles. The fourth-order valence-corrected chi connectivity index (χ4v) is 3.22. The van der Waals surface area contributed by atoms with Crippen LogP contribution in [0.3, 0.4) is 0 Å². The van der Waals surface area contributed by atoms with Gasteiger partial charge in [-0.3, -0.25) is 4.68 Å². The van der Waals surface area contributed by atoms with E-state index < -0.39 is 0 Å². The Bertz CT molecular complexity index is 699. The minimum absolute atomic E-state index is 0.0349. The highest BCUT2D eigenvalue weighted by atomic mass is 16.5. The molecule has 6 heteroatoms. The van der Waals surface area contributed by atoms with Gasteiger partial charge in [0, 0.05) is 44.9 Å². The van der Waals surface area contributed by atoms with Crippen LogP contribution in [0, 0.1) is 0 Å². The molecule has 1 aliphatic heterocycles. The third kappa shape index (κ3) is 4.60. The number of aryl methyl sites for hydroxylation is 2. The van der Waals surface area contributed by atoms with Gasteiger partial charge in [-0.1, -0.05) is 37.3 Å². The van der Waals surface area contributed by atoms with E-state index in [1.807, 2.05) is 36.3 Å². The third-order valence-corrected chi connectivity index (χ3v) is 4.49. The summed E-state index contributed by atoms with van der Waals surface area (Å²) in [6.45, 7) is 4.41. The first-order chi connectivity index (χ1) is 12.2. The van der Waals surface area contributed by atoms with Crippen molar-refractivity contribution in [2.75, 3.05) is 19.7 Å². The Morgan fingerprint density at radius 1 is 1.36 bits per heavy atom. The second kappa shape index (κ2) is 8.16. The lowest BCUT2D eigenvalue weighted by Crippen LogP contribution is -2.50. The molecular formula is C19H26N4O2. The van der Waals surface area contributed by atoms with Crippen LogP contribution in [0.1, 0.15) is 23.7 Å². The molecule has 1 atom stereocenters. The molecule has 1 fully saturated rings. The van der Waals surface area contributed by atoms with Crippen LogP contribution in [0.2, 0.25) is 0 Å². The number of urea groups is 1. The maximum atomic E-state index is 12.5. The van der Waals surface area contributed by atoms with Gasteiger partial charge in [-0.2, -0.15) is 5.10 Å². The van der Waals surface area contributed by atoms with Crippen LogP contribution in [0.4, 0.5) is 4.79 Å². The smallest absolute Gasteiger partial charge is 0.317 e. The van der Waals surface area contributed by atoms with Crippen molar-refractivity contribution in [3.8, 4) is 0 Å². The van der Waals surface area contributed by atoms with Crippen molar-refractivity contribution < 1.29 is 9.53 Å². The molecule has 0 aliphatic carbocycles. The second-order valence-electron chi connectivity index (χ2n) is 6.42. The number of hydrogen-bond acceptors (Lipinski definition) is 3. The van der Waals surface area contributed by atoms with Gasteiger partial charge in [-0.25, -0.2) is 4.79 Å². The summed E-state index contributed by atoms with van der Waals surface area (Å²) in [5.41, 5.74) is 3.34. The van der Waals surface area contributed by atoms with E-state index in [1.54, 1.807) is 4.68 Å². The standard InChI is InChI=1S/C19H26N4O2/c1-3-18-16(13-22(2)21-18)12-20-19(24)23-9-10-25-17(14-23)11-15-7-5-4-6-8-15/h4-8,13,17H,3,9-12,14H2,1-2H3,(H,20,24)/t17-/m1/s1. The maximum absolute atomic E-state index is 12.5. The Kier molecular flexibility index (Phi) is 5.71. The van der Waals surface area contributed by atoms with Gasteiger partial charge in [0.1, 0.15) is 0 Å². The van der Waals surface area contributed by atoms with Crippen LogP contribution < -0.4 is 5.32 Å². The zero-order chi connectivity index (χ0) is 17.6. The first-order valence-corrected chi connectivity index (χ1v) is 8.85. The zero-order valence-electron chi connectivity index (χ0n) is 14.9. The molecule has 3 rings (SSSR count). The van der Waals surface area contributed by atoms with Crippen LogP contribution >= 0.6 is 0 Å². The van der Waals surface area contributed by atoms with Gasteiger partial charge in [-0.15, -0.1) is 0 Å². The zero-order valence-corrected chi connectivity index (χ0v) is 14.9. The van der Waals surface area contributed by atoms with Gasteiger partial charge in [-0.05, 0) is 12.0 Å². The maximum Gasteiger partial charge on any atom is 0.317 e. The number of ether oxygens (including phenoxy) is 1. The summed E-state index contributed by atoms with van der Waals surface area (Å²) in [6.07, 6.45) is 3.71. The highest BCUT2D eigenvalue weighted by molar-refractivity contribution is 5.74. The number of nitrogens with zero attached hydrogens (tertiary/aromatic N) is 3. The molecule has 1 aromatic heterocycles. The summed E-state index contributed by atoms with van der Waals surface area (Å²) in [4.78, 5) is 14.4. The topological polar surface area (TPSA) is 59.4 Å². The van der Waals surface area contributed by atoms with Crippen molar-refractivity contribution in [2.45, 2.75) is 32.4 Å². The quantitative estimate of drug-likeness (QED) is 0.906. The van der Waals surface area contributed by atoms with Crippen LogP contribution in [-0.2, 0) is 31.2 Å². The number of carbonyl (C=O) groups excluding carboxylic acids is 1. The number of hydrogen-bond donors (Lipinski definition) is 1. The Morgan fingerprint density at radius 2 is 2.16 bits per heavy atom. The second-order valence-corrected chi connectivity index (χ2v) is 6.42. The molecular weight excluding hydrogens is 316 g/mol. The molecule has 1 aliphatic rings. The molecule has 0 radical (unpaired) electrons. The number of rotatable bonds is 5. The van der Waals surface area contributed by atoms with Crippen molar-refractivity contribution in [2.24, 2.45) is 7.05 Å². The van der Waals surface area contributed by atoms with Gasteiger partial charge in [0.2, 0.25) is 0 Å². The van der Waals surface area contributed by atoms with Crippen molar-refractivity contribution >= 4 is 6.03 Å². The fourth-order valence-electron chi connectivity index (χ4n) is 3.22. The molecule has 1 aromatic carbocycles. The lowest BCUT2D eigenvalue weighted by atomic mass is 10.1. The average Bonchev–Trinajstić information content (AvgIpc) is 3.00. The van der Waals surface area contributed by atoms with Gasteiger partial charge < -0.3 is 15.0 Å². The highest BCUT2D eigenvalue weighted by Gasteiger charge is 2.24. The van der Waals surface area contributed by atoms with E-state index in [0.717, 1.165) is 24.1 Å². The molecule has 1 N–H and O–H groups in total. The van der Waals surface area contributed by atoms with Gasteiger partial charge in [0.15, 0.2) is 0 Å². The molecule has 25 heavy (non-hydrogen) atoms. The average molecular weight is 342 g/mol. The Hall–Kier alpha value is -2.34. The van der Waals surface area contributed by atoms with Gasteiger partial charge >= 0.3 is 6.03 Å². The molecule has 6 nitrogen and oxygen atoms in total. The summed E-state index contributed by atoms with van der Waals surface area (Å²) in [6, 6.07) is 10.2. The number of aromatic nitrogens is 2.